The van der Waals surface area contributed by atoms with E-state index in [0.29, 0.717) is 16.7 Å². The lowest BCUT2D eigenvalue weighted by atomic mass is 10.0. The van der Waals surface area contributed by atoms with E-state index in [0.717, 1.165) is 18.1 Å². The maximum absolute atomic E-state index is 12.3. The van der Waals surface area contributed by atoms with Crippen LogP contribution in [0, 0.1) is 0 Å². The first-order valence-electron chi connectivity index (χ1n) is 7.15. The number of carbonyl (C=O) groups is 3. The second kappa shape index (κ2) is 5.53. The molecule has 0 saturated heterocycles. The van der Waals surface area contributed by atoms with Crippen molar-refractivity contribution >= 4 is 17.3 Å². The van der Waals surface area contributed by atoms with Crippen LogP contribution in [-0.2, 0) is 6.42 Å². The standard InChI is InChI=1S/C19H14O3/c1-2-12-7-9-13(10-8-12)17(20)11-16-18(21)14-5-3-4-6-15(14)19(16)22/h3-11H,2H2,1H3. The number of allylic oxidation sites excluding steroid dienone is 2. The molecule has 0 aliphatic heterocycles. The van der Waals surface area contributed by atoms with Crippen LogP contribution >= 0.6 is 0 Å². The Labute approximate surface area is 128 Å². The Bertz CT molecular complexity index is 774. The SMILES string of the molecule is CCc1ccc(C(=O)C=C2C(=O)c3ccccc3C2=O)cc1. The molecule has 0 fully saturated rings. The number of hydrogen-bond acceptors (Lipinski definition) is 3. The van der Waals surface area contributed by atoms with E-state index in [1.165, 1.54) is 0 Å². The van der Waals surface area contributed by atoms with Gasteiger partial charge in [0.1, 0.15) is 0 Å². The van der Waals surface area contributed by atoms with E-state index in [1.54, 1.807) is 36.4 Å². The number of ketones is 3. The highest BCUT2D eigenvalue weighted by Crippen LogP contribution is 2.26. The Morgan fingerprint density at radius 2 is 1.45 bits per heavy atom. The summed E-state index contributed by atoms with van der Waals surface area (Å²) in [7, 11) is 0. The highest BCUT2D eigenvalue weighted by atomic mass is 16.2. The minimum atomic E-state index is -0.376. The molecule has 3 heteroatoms. The molecule has 0 unspecified atom stereocenters. The van der Waals surface area contributed by atoms with Crippen molar-refractivity contribution in [1.82, 2.24) is 0 Å². The number of benzene rings is 2. The summed E-state index contributed by atoms with van der Waals surface area (Å²) < 4.78 is 0. The number of carbonyl (C=O) groups excluding carboxylic acids is 3. The quantitative estimate of drug-likeness (QED) is 0.494. The van der Waals surface area contributed by atoms with E-state index in [-0.39, 0.29) is 22.9 Å². The molecule has 108 valence electrons. The normalized spacial score (nSPS) is 13.2. The summed E-state index contributed by atoms with van der Waals surface area (Å²) in [5.74, 6) is -1.08. The third kappa shape index (κ3) is 2.31. The molecular formula is C19H14O3. The van der Waals surface area contributed by atoms with Crippen molar-refractivity contribution in [3.8, 4) is 0 Å². The first kappa shape index (κ1) is 14.1. The third-order valence-corrected chi connectivity index (χ3v) is 3.83. The van der Waals surface area contributed by atoms with Gasteiger partial charge in [0.25, 0.3) is 0 Å². The summed E-state index contributed by atoms with van der Waals surface area (Å²) in [4.78, 5) is 36.7. The Kier molecular flexibility index (Phi) is 3.55. The molecule has 0 heterocycles. The van der Waals surface area contributed by atoms with Crippen molar-refractivity contribution in [3.05, 3.63) is 82.4 Å². The van der Waals surface area contributed by atoms with Crippen molar-refractivity contribution in [2.24, 2.45) is 0 Å². The topological polar surface area (TPSA) is 51.2 Å². The minimum Gasteiger partial charge on any atom is -0.289 e. The van der Waals surface area contributed by atoms with Crippen molar-refractivity contribution in [2.45, 2.75) is 13.3 Å². The van der Waals surface area contributed by atoms with Crippen molar-refractivity contribution in [1.29, 1.82) is 0 Å². The number of hydrogen-bond donors (Lipinski definition) is 0. The van der Waals surface area contributed by atoms with Crippen LogP contribution < -0.4 is 0 Å². The van der Waals surface area contributed by atoms with Crippen LogP contribution in [0.5, 0.6) is 0 Å². The van der Waals surface area contributed by atoms with E-state index < -0.39 is 0 Å². The summed E-state index contributed by atoms with van der Waals surface area (Å²) in [6.07, 6.45) is 2.05. The lowest BCUT2D eigenvalue weighted by Gasteiger charge is -1.99. The zero-order chi connectivity index (χ0) is 15.7. The highest BCUT2D eigenvalue weighted by molar-refractivity contribution is 6.41. The van der Waals surface area contributed by atoms with E-state index >= 15 is 0 Å². The van der Waals surface area contributed by atoms with Crippen LogP contribution in [0.4, 0.5) is 0 Å². The predicted molar refractivity (Wildman–Crippen MR) is 83.3 cm³/mol. The smallest absolute Gasteiger partial charge is 0.197 e. The first-order valence-corrected chi connectivity index (χ1v) is 7.15. The molecule has 2 aromatic rings. The van der Waals surface area contributed by atoms with E-state index in [2.05, 4.69) is 0 Å². The van der Waals surface area contributed by atoms with Gasteiger partial charge in [-0.25, -0.2) is 0 Å². The Morgan fingerprint density at radius 1 is 0.909 bits per heavy atom. The van der Waals surface area contributed by atoms with Gasteiger partial charge in [0.2, 0.25) is 0 Å². The van der Waals surface area contributed by atoms with Crippen LogP contribution in [0.2, 0.25) is 0 Å². The highest BCUT2D eigenvalue weighted by Gasteiger charge is 2.33. The molecule has 0 N–H and O–H groups in total. The van der Waals surface area contributed by atoms with Gasteiger partial charge >= 0.3 is 0 Å². The fraction of sp³-hybridized carbons (Fsp3) is 0.105. The van der Waals surface area contributed by atoms with Gasteiger partial charge in [-0.15, -0.1) is 0 Å². The average Bonchev–Trinajstić information content (AvgIpc) is 2.80. The molecule has 0 saturated carbocycles. The van der Waals surface area contributed by atoms with Crippen LogP contribution in [0.1, 0.15) is 43.6 Å². The summed E-state index contributed by atoms with van der Waals surface area (Å²) in [6.45, 7) is 2.03. The molecule has 22 heavy (non-hydrogen) atoms. The molecular weight excluding hydrogens is 276 g/mol. The van der Waals surface area contributed by atoms with Gasteiger partial charge in [-0.2, -0.15) is 0 Å². The number of Topliss-reactive ketones (excluding diaryl/α,β-unsaturated/α-hetero) is 2. The van der Waals surface area contributed by atoms with Crippen LogP contribution in [0.3, 0.4) is 0 Å². The lowest BCUT2D eigenvalue weighted by molar-refractivity contribution is 0.0971. The maximum Gasteiger partial charge on any atom is 0.197 e. The second-order valence-corrected chi connectivity index (χ2v) is 5.18. The predicted octanol–water partition coefficient (Wildman–Crippen LogP) is 3.44. The lowest BCUT2D eigenvalue weighted by Crippen LogP contribution is -2.05. The summed E-state index contributed by atoms with van der Waals surface area (Å²) in [6, 6.07) is 13.8. The van der Waals surface area contributed by atoms with Gasteiger partial charge in [0.05, 0.1) is 5.57 Å². The van der Waals surface area contributed by atoms with Gasteiger partial charge in [-0.3, -0.25) is 14.4 Å². The fourth-order valence-corrected chi connectivity index (χ4v) is 2.52. The number of aryl methyl sites for hydroxylation is 1. The van der Waals surface area contributed by atoms with Gasteiger partial charge in [-0.05, 0) is 12.0 Å². The number of rotatable bonds is 3. The van der Waals surface area contributed by atoms with Gasteiger partial charge in [-0.1, -0.05) is 55.5 Å². The van der Waals surface area contributed by atoms with Crippen LogP contribution in [-0.4, -0.2) is 17.3 Å². The zero-order valence-corrected chi connectivity index (χ0v) is 12.1. The average molecular weight is 290 g/mol. The van der Waals surface area contributed by atoms with E-state index in [9.17, 15) is 14.4 Å². The molecule has 2 aromatic carbocycles. The summed E-state index contributed by atoms with van der Waals surface area (Å²) in [5, 5.41) is 0. The van der Waals surface area contributed by atoms with Crippen LogP contribution in [0.15, 0.2) is 60.2 Å². The van der Waals surface area contributed by atoms with Crippen molar-refractivity contribution < 1.29 is 14.4 Å². The van der Waals surface area contributed by atoms with Crippen LogP contribution in [0.25, 0.3) is 0 Å². The molecule has 3 rings (SSSR count). The molecule has 1 aliphatic carbocycles. The number of fused-ring (bicyclic) bond motifs is 1. The Hall–Kier alpha value is -2.81. The van der Waals surface area contributed by atoms with Crippen molar-refractivity contribution in [2.75, 3.05) is 0 Å². The molecule has 3 nitrogen and oxygen atoms in total. The molecule has 0 bridgehead atoms. The molecule has 0 atom stereocenters. The van der Waals surface area contributed by atoms with E-state index in [4.69, 9.17) is 0 Å². The molecule has 0 spiro atoms. The summed E-state index contributed by atoms with van der Waals surface area (Å²) >= 11 is 0. The Balaban J connectivity index is 1.94. The van der Waals surface area contributed by atoms with Gasteiger partial charge in [0.15, 0.2) is 17.3 Å². The first-order chi connectivity index (χ1) is 10.6. The largest absolute Gasteiger partial charge is 0.289 e. The second-order valence-electron chi connectivity index (χ2n) is 5.18. The van der Waals surface area contributed by atoms with Crippen molar-refractivity contribution in [3.63, 3.8) is 0 Å². The Morgan fingerprint density at radius 3 is 1.95 bits per heavy atom. The monoisotopic (exact) mass is 290 g/mol. The molecule has 0 amide bonds. The maximum atomic E-state index is 12.3. The van der Waals surface area contributed by atoms with Gasteiger partial charge < -0.3 is 0 Å². The third-order valence-electron chi connectivity index (χ3n) is 3.83. The minimum absolute atomic E-state index is 0.0502. The van der Waals surface area contributed by atoms with E-state index in [1.807, 2.05) is 19.1 Å². The fourth-order valence-electron chi connectivity index (χ4n) is 2.52. The van der Waals surface area contributed by atoms with Gasteiger partial charge in [0, 0.05) is 22.8 Å². The molecule has 1 aliphatic rings. The molecule has 0 aromatic heterocycles. The zero-order valence-electron chi connectivity index (χ0n) is 12.1. The molecule has 0 radical (unpaired) electrons. The summed E-state index contributed by atoms with van der Waals surface area (Å²) in [5.41, 5.74) is 2.29.